The average Bonchev–Trinajstić information content (AvgIpc) is 2.34. The summed E-state index contributed by atoms with van der Waals surface area (Å²) in [5.41, 5.74) is 0.712. The maximum Gasteiger partial charge on any atom is 0.326 e. The topological polar surface area (TPSA) is 66.4 Å². The van der Waals surface area contributed by atoms with Crippen LogP contribution in [0.3, 0.4) is 0 Å². The van der Waals surface area contributed by atoms with Gasteiger partial charge in [-0.15, -0.1) is 0 Å². The standard InChI is InChI=1S/C14H15NO3/c1-10(2)13(14(17)18)15-12(16)9-8-11-6-4-3-5-7-11/h3-7,10,13H,1-2H3,(H,15,16)(H,17,18)/t13-/m0/s1. The van der Waals surface area contributed by atoms with Crippen molar-refractivity contribution in [3.63, 3.8) is 0 Å². The number of carbonyl (C=O) groups excluding carboxylic acids is 1. The zero-order valence-electron chi connectivity index (χ0n) is 10.3. The average molecular weight is 245 g/mol. The predicted octanol–water partition coefficient (Wildman–Crippen LogP) is 1.26. The van der Waals surface area contributed by atoms with Gasteiger partial charge in [0.15, 0.2) is 0 Å². The van der Waals surface area contributed by atoms with Crippen LogP contribution in [-0.4, -0.2) is 23.0 Å². The first-order valence-corrected chi connectivity index (χ1v) is 5.61. The molecule has 0 aromatic heterocycles. The molecule has 1 rings (SSSR count). The molecule has 94 valence electrons. The maximum absolute atomic E-state index is 11.5. The van der Waals surface area contributed by atoms with Crippen LogP contribution in [0.1, 0.15) is 19.4 Å². The van der Waals surface area contributed by atoms with E-state index in [1.54, 1.807) is 26.0 Å². The van der Waals surface area contributed by atoms with Crippen LogP contribution < -0.4 is 5.32 Å². The van der Waals surface area contributed by atoms with Gasteiger partial charge >= 0.3 is 5.97 Å². The van der Waals surface area contributed by atoms with E-state index in [1.807, 2.05) is 18.2 Å². The lowest BCUT2D eigenvalue weighted by atomic mass is 10.1. The minimum Gasteiger partial charge on any atom is -0.480 e. The van der Waals surface area contributed by atoms with Gasteiger partial charge in [0, 0.05) is 11.5 Å². The Morgan fingerprint density at radius 1 is 1.22 bits per heavy atom. The fraction of sp³-hybridized carbons (Fsp3) is 0.286. The number of hydrogen-bond acceptors (Lipinski definition) is 2. The number of carbonyl (C=O) groups is 2. The highest BCUT2D eigenvalue weighted by Gasteiger charge is 2.22. The van der Waals surface area contributed by atoms with E-state index in [9.17, 15) is 9.59 Å². The molecule has 0 aliphatic heterocycles. The van der Waals surface area contributed by atoms with Crippen LogP contribution in [0.25, 0.3) is 0 Å². The van der Waals surface area contributed by atoms with Gasteiger partial charge in [-0.1, -0.05) is 38.0 Å². The third kappa shape index (κ3) is 4.30. The first kappa shape index (κ1) is 13.8. The lowest BCUT2D eigenvalue weighted by Crippen LogP contribution is -2.43. The van der Waals surface area contributed by atoms with E-state index in [-0.39, 0.29) is 5.92 Å². The Hall–Kier alpha value is -2.28. The van der Waals surface area contributed by atoms with Gasteiger partial charge in [-0.25, -0.2) is 4.79 Å². The van der Waals surface area contributed by atoms with E-state index < -0.39 is 17.9 Å². The van der Waals surface area contributed by atoms with Crippen LogP contribution in [0.4, 0.5) is 0 Å². The molecule has 0 fully saturated rings. The van der Waals surface area contributed by atoms with Gasteiger partial charge in [0.1, 0.15) is 6.04 Å². The first-order valence-electron chi connectivity index (χ1n) is 5.61. The SMILES string of the molecule is CC(C)[C@H](NC(=O)C#Cc1ccccc1)C(=O)O. The molecule has 0 aliphatic rings. The van der Waals surface area contributed by atoms with E-state index in [1.165, 1.54) is 0 Å². The smallest absolute Gasteiger partial charge is 0.326 e. The zero-order valence-corrected chi connectivity index (χ0v) is 10.3. The lowest BCUT2D eigenvalue weighted by Gasteiger charge is -2.15. The number of carboxylic acid groups (broad SMARTS) is 1. The number of hydrogen-bond donors (Lipinski definition) is 2. The molecule has 4 nitrogen and oxygen atoms in total. The van der Waals surface area contributed by atoms with Crippen molar-refractivity contribution in [2.45, 2.75) is 19.9 Å². The Balaban J connectivity index is 2.67. The largest absolute Gasteiger partial charge is 0.480 e. The Morgan fingerprint density at radius 3 is 2.33 bits per heavy atom. The van der Waals surface area contributed by atoms with Crippen molar-refractivity contribution in [2.24, 2.45) is 5.92 Å². The van der Waals surface area contributed by atoms with Crippen molar-refractivity contribution >= 4 is 11.9 Å². The van der Waals surface area contributed by atoms with Crippen LogP contribution in [0.2, 0.25) is 0 Å². The summed E-state index contributed by atoms with van der Waals surface area (Å²) in [6.45, 7) is 3.45. The molecule has 0 saturated carbocycles. The molecule has 4 heteroatoms. The zero-order chi connectivity index (χ0) is 13.5. The van der Waals surface area contributed by atoms with Crippen LogP contribution in [0.15, 0.2) is 30.3 Å². The lowest BCUT2D eigenvalue weighted by molar-refractivity contribution is -0.142. The van der Waals surface area contributed by atoms with Crippen molar-refractivity contribution in [1.29, 1.82) is 0 Å². The van der Waals surface area contributed by atoms with Crippen LogP contribution >= 0.6 is 0 Å². The minimum atomic E-state index is -1.06. The highest BCUT2D eigenvalue weighted by Crippen LogP contribution is 2.01. The molecule has 1 aromatic rings. The van der Waals surface area contributed by atoms with Crippen LogP contribution in [0, 0.1) is 17.8 Å². The summed E-state index contributed by atoms with van der Waals surface area (Å²) < 4.78 is 0. The van der Waals surface area contributed by atoms with Gasteiger partial charge in [0.05, 0.1) is 0 Å². The van der Waals surface area contributed by atoms with Gasteiger partial charge < -0.3 is 10.4 Å². The molecule has 1 amide bonds. The second-order valence-corrected chi connectivity index (χ2v) is 4.15. The van der Waals surface area contributed by atoms with E-state index in [2.05, 4.69) is 17.2 Å². The number of benzene rings is 1. The second-order valence-electron chi connectivity index (χ2n) is 4.15. The fourth-order valence-corrected chi connectivity index (χ4v) is 1.34. The van der Waals surface area contributed by atoms with Gasteiger partial charge in [-0.3, -0.25) is 4.79 Å². The third-order valence-corrected chi connectivity index (χ3v) is 2.31. The highest BCUT2D eigenvalue weighted by molar-refractivity contribution is 5.96. The fourth-order valence-electron chi connectivity index (χ4n) is 1.34. The van der Waals surface area contributed by atoms with Crippen LogP contribution in [-0.2, 0) is 9.59 Å². The molecular weight excluding hydrogens is 230 g/mol. The number of nitrogens with one attached hydrogen (secondary N) is 1. The number of aliphatic carboxylic acids is 1. The van der Waals surface area contributed by atoms with E-state index in [0.717, 1.165) is 0 Å². The molecule has 0 saturated heterocycles. The molecule has 1 atom stereocenters. The normalized spacial score (nSPS) is 11.3. The molecule has 0 heterocycles. The van der Waals surface area contributed by atoms with Crippen molar-refractivity contribution in [1.82, 2.24) is 5.32 Å². The Labute approximate surface area is 106 Å². The van der Waals surface area contributed by atoms with E-state index in [0.29, 0.717) is 5.56 Å². The summed E-state index contributed by atoms with van der Waals surface area (Å²) in [5.74, 6) is 3.22. The monoisotopic (exact) mass is 245 g/mol. The molecule has 18 heavy (non-hydrogen) atoms. The molecule has 0 bridgehead atoms. The summed E-state index contributed by atoms with van der Waals surface area (Å²) in [5, 5.41) is 11.3. The molecule has 2 N–H and O–H groups in total. The van der Waals surface area contributed by atoms with E-state index in [4.69, 9.17) is 5.11 Å². The summed E-state index contributed by atoms with van der Waals surface area (Å²) >= 11 is 0. The Morgan fingerprint density at radius 2 is 1.83 bits per heavy atom. The number of amides is 1. The number of carboxylic acids is 1. The predicted molar refractivity (Wildman–Crippen MR) is 67.7 cm³/mol. The van der Waals surface area contributed by atoms with Gasteiger partial charge in [-0.2, -0.15) is 0 Å². The first-order chi connectivity index (χ1) is 8.50. The molecule has 0 aliphatic carbocycles. The van der Waals surface area contributed by atoms with Crippen molar-refractivity contribution in [3.05, 3.63) is 35.9 Å². The minimum absolute atomic E-state index is 0.190. The summed E-state index contributed by atoms with van der Waals surface area (Å²) in [7, 11) is 0. The highest BCUT2D eigenvalue weighted by atomic mass is 16.4. The quantitative estimate of drug-likeness (QED) is 0.788. The summed E-state index contributed by atoms with van der Waals surface area (Å²) in [6.07, 6.45) is 0. The van der Waals surface area contributed by atoms with Gasteiger partial charge in [0.25, 0.3) is 5.91 Å². The summed E-state index contributed by atoms with van der Waals surface area (Å²) in [4.78, 5) is 22.4. The Bertz CT molecular complexity index is 483. The molecule has 0 radical (unpaired) electrons. The van der Waals surface area contributed by atoms with Crippen molar-refractivity contribution in [3.8, 4) is 11.8 Å². The number of rotatable bonds is 3. The molecule has 0 spiro atoms. The molecule has 1 aromatic carbocycles. The van der Waals surface area contributed by atoms with E-state index >= 15 is 0 Å². The Kier molecular flexibility index (Phi) is 4.94. The maximum atomic E-state index is 11.5. The summed E-state index contributed by atoms with van der Waals surface area (Å²) in [6, 6.07) is 8.12. The van der Waals surface area contributed by atoms with Crippen molar-refractivity contribution in [2.75, 3.05) is 0 Å². The second kappa shape index (κ2) is 6.45. The van der Waals surface area contributed by atoms with Gasteiger partial charge in [0.2, 0.25) is 0 Å². The third-order valence-electron chi connectivity index (χ3n) is 2.31. The molecular formula is C14H15NO3. The van der Waals surface area contributed by atoms with Crippen molar-refractivity contribution < 1.29 is 14.7 Å². The van der Waals surface area contributed by atoms with Gasteiger partial charge in [-0.05, 0) is 18.1 Å². The van der Waals surface area contributed by atoms with Crippen LogP contribution in [0.5, 0.6) is 0 Å². The molecule has 0 unspecified atom stereocenters.